The summed E-state index contributed by atoms with van der Waals surface area (Å²) in [4.78, 5) is 12.0. The molecule has 2 rings (SSSR count). The van der Waals surface area contributed by atoms with Crippen LogP contribution in [0.4, 0.5) is 5.69 Å². The van der Waals surface area contributed by atoms with Gasteiger partial charge in [-0.3, -0.25) is 4.79 Å². The minimum absolute atomic E-state index is 0.174. The van der Waals surface area contributed by atoms with Gasteiger partial charge in [-0.25, -0.2) is 0 Å². The zero-order valence-corrected chi connectivity index (χ0v) is 11.1. The van der Waals surface area contributed by atoms with Gasteiger partial charge in [-0.2, -0.15) is 0 Å². The topological polar surface area (TPSA) is 49.3 Å². The molecular formula is C16H17NO2. The van der Waals surface area contributed by atoms with E-state index in [4.69, 9.17) is 0 Å². The van der Waals surface area contributed by atoms with Crippen molar-refractivity contribution in [3.05, 3.63) is 59.2 Å². The Bertz CT molecular complexity index is 588. The highest BCUT2D eigenvalue weighted by Gasteiger charge is 2.07. The van der Waals surface area contributed by atoms with Gasteiger partial charge in [-0.05, 0) is 54.8 Å². The fourth-order valence-electron chi connectivity index (χ4n) is 1.82. The van der Waals surface area contributed by atoms with Crippen LogP contribution in [0.2, 0.25) is 0 Å². The second-order valence-corrected chi connectivity index (χ2v) is 4.51. The number of hydrogen-bond donors (Lipinski definition) is 2. The largest absolute Gasteiger partial charge is 0.508 e. The maximum Gasteiger partial charge on any atom is 0.255 e. The van der Waals surface area contributed by atoms with Gasteiger partial charge in [0, 0.05) is 11.3 Å². The molecule has 0 aromatic heterocycles. The molecule has 2 aromatic rings. The SMILES string of the molecule is CCc1ccc(NC(=O)c2ccc(O)c(C)c2)cc1. The number of hydrogen-bond acceptors (Lipinski definition) is 2. The van der Waals surface area contributed by atoms with E-state index in [1.165, 1.54) is 11.6 Å². The molecule has 3 heteroatoms. The molecule has 0 aliphatic rings. The second-order valence-electron chi connectivity index (χ2n) is 4.51. The average molecular weight is 255 g/mol. The molecule has 98 valence electrons. The van der Waals surface area contributed by atoms with E-state index < -0.39 is 0 Å². The fourth-order valence-corrected chi connectivity index (χ4v) is 1.82. The monoisotopic (exact) mass is 255 g/mol. The van der Waals surface area contributed by atoms with E-state index in [0.717, 1.165) is 12.1 Å². The van der Waals surface area contributed by atoms with Crippen molar-refractivity contribution in [2.45, 2.75) is 20.3 Å². The molecule has 0 aliphatic heterocycles. The molecule has 0 bridgehead atoms. The first-order valence-corrected chi connectivity index (χ1v) is 6.30. The second kappa shape index (κ2) is 5.57. The molecule has 0 radical (unpaired) electrons. The van der Waals surface area contributed by atoms with Gasteiger partial charge in [0.15, 0.2) is 0 Å². The number of rotatable bonds is 3. The summed E-state index contributed by atoms with van der Waals surface area (Å²) in [5.41, 5.74) is 3.23. The van der Waals surface area contributed by atoms with E-state index in [1.807, 2.05) is 24.3 Å². The van der Waals surface area contributed by atoms with E-state index in [-0.39, 0.29) is 11.7 Å². The quantitative estimate of drug-likeness (QED) is 0.881. The minimum Gasteiger partial charge on any atom is -0.508 e. The van der Waals surface area contributed by atoms with Crippen LogP contribution < -0.4 is 5.32 Å². The van der Waals surface area contributed by atoms with Crippen LogP contribution in [0.1, 0.15) is 28.4 Å². The Hall–Kier alpha value is -2.29. The lowest BCUT2D eigenvalue weighted by Crippen LogP contribution is -2.11. The van der Waals surface area contributed by atoms with Crippen LogP contribution in [0.5, 0.6) is 5.75 Å². The number of phenolic OH excluding ortho intramolecular Hbond substituents is 1. The summed E-state index contributed by atoms with van der Waals surface area (Å²) in [6.07, 6.45) is 0.978. The van der Waals surface area contributed by atoms with E-state index in [9.17, 15) is 9.90 Å². The number of carbonyl (C=O) groups excluding carboxylic acids is 1. The summed E-state index contributed by atoms with van der Waals surface area (Å²) < 4.78 is 0. The van der Waals surface area contributed by atoms with Crippen molar-refractivity contribution >= 4 is 11.6 Å². The number of aromatic hydroxyl groups is 1. The minimum atomic E-state index is -0.174. The third kappa shape index (κ3) is 3.13. The van der Waals surface area contributed by atoms with Crippen LogP contribution in [-0.4, -0.2) is 11.0 Å². The summed E-state index contributed by atoms with van der Waals surface area (Å²) in [5.74, 6) is 0.0243. The smallest absolute Gasteiger partial charge is 0.255 e. The van der Waals surface area contributed by atoms with Crippen LogP contribution in [0, 0.1) is 6.92 Å². The third-order valence-electron chi connectivity index (χ3n) is 3.08. The lowest BCUT2D eigenvalue weighted by molar-refractivity contribution is 0.102. The highest BCUT2D eigenvalue weighted by molar-refractivity contribution is 6.04. The lowest BCUT2D eigenvalue weighted by Gasteiger charge is -2.07. The molecule has 1 amide bonds. The Labute approximate surface area is 112 Å². The van der Waals surface area contributed by atoms with Crippen molar-refractivity contribution in [1.82, 2.24) is 0 Å². The zero-order valence-electron chi connectivity index (χ0n) is 11.1. The van der Waals surface area contributed by atoms with E-state index in [1.54, 1.807) is 19.1 Å². The summed E-state index contributed by atoms with van der Waals surface area (Å²) in [7, 11) is 0. The first-order valence-electron chi connectivity index (χ1n) is 6.30. The summed E-state index contributed by atoms with van der Waals surface area (Å²) in [5, 5.41) is 12.3. The molecule has 2 N–H and O–H groups in total. The van der Waals surface area contributed by atoms with Crippen molar-refractivity contribution in [3.63, 3.8) is 0 Å². The zero-order chi connectivity index (χ0) is 13.8. The van der Waals surface area contributed by atoms with Gasteiger partial charge in [0.1, 0.15) is 5.75 Å². The average Bonchev–Trinajstić information content (AvgIpc) is 2.42. The maximum atomic E-state index is 12.0. The van der Waals surface area contributed by atoms with Crippen molar-refractivity contribution in [2.75, 3.05) is 5.32 Å². The molecule has 0 spiro atoms. The molecule has 0 heterocycles. The standard InChI is InChI=1S/C16H17NO2/c1-3-12-4-7-14(8-5-12)17-16(19)13-6-9-15(18)11(2)10-13/h4-10,18H,3H2,1-2H3,(H,17,19). The molecule has 2 aromatic carbocycles. The number of amides is 1. The Balaban J connectivity index is 2.13. The first-order chi connectivity index (χ1) is 9.10. The first kappa shape index (κ1) is 13.1. The maximum absolute atomic E-state index is 12.0. The third-order valence-corrected chi connectivity index (χ3v) is 3.08. The van der Waals surface area contributed by atoms with Gasteiger partial charge in [0.05, 0.1) is 0 Å². The van der Waals surface area contributed by atoms with Crippen molar-refractivity contribution < 1.29 is 9.90 Å². The molecule has 3 nitrogen and oxygen atoms in total. The van der Waals surface area contributed by atoms with Gasteiger partial charge in [-0.1, -0.05) is 19.1 Å². The molecule has 0 saturated carbocycles. The number of nitrogens with one attached hydrogen (secondary N) is 1. The molecule has 0 unspecified atom stereocenters. The number of phenols is 1. The van der Waals surface area contributed by atoms with Crippen LogP contribution >= 0.6 is 0 Å². The van der Waals surface area contributed by atoms with E-state index in [0.29, 0.717) is 11.1 Å². The Morgan fingerprint density at radius 1 is 1.16 bits per heavy atom. The van der Waals surface area contributed by atoms with Gasteiger partial charge < -0.3 is 10.4 Å². The molecule has 19 heavy (non-hydrogen) atoms. The predicted octanol–water partition coefficient (Wildman–Crippen LogP) is 3.52. The van der Waals surface area contributed by atoms with Crippen LogP contribution in [-0.2, 0) is 6.42 Å². The summed E-state index contributed by atoms with van der Waals surface area (Å²) in [6, 6.07) is 12.6. The predicted molar refractivity (Wildman–Crippen MR) is 76.6 cm³/mol. The van der Waals surface area contributed by atoms with Crippen LogP contribution in [0.15, 0.2) is 42.5 Å². The summed E-state index contributed by atoms with van der Waals surface area (Å²) >= 11 is 0. The Morgan fingerprint density at radius 2 is 1.84 bits per heavy atom. The van der Waals surface area contributed by atoms with Crippen LogP contribution in [0.25, 0.3) is 0 Å². The highest BCUT2D eigenvalue weighted by atomic mass is 16.3. The highest BCUT2D eigenvalue weighted by Crippen LogP contribution is 2.18. The van der Waals surface area contributed by atoms with Gasteiger partial charge in [0.25, 0.3) is 5.91 Å². The van der Waals surface area contributed by atoms with Gasteiger partial charge in [0.2, 0.25) is 0 Å². The van der Waals surface area contributed by atoms with Crippen LogP contribution in [0.3, 0.4) is 0 Å². The van der Waals surface area contributed by atoms with Crippen molar-refractivity contribution in [3.8, 4) is 5.75 Å². The number of benzene rings is 2. The van der Waals surface area contributed by atoms with Crippen molar-refractivity contribution in [1.29, 1.82) is 0 Å². The molecular weight excluding hydrogens is 238 g/mol. The summed E-state index contributed by atoms with van der Waals surface area (Å²) in [6.45, 7) is 3.86. The molecule has 0 fully saturated rings. The van der Waals surface area contributed by atoms with E-state index in [2.05, 4.69) is 12.2 Å². The molecule has 0 atom stereocenters. The number of aryl methyl sites for hydroxylation is 2. The number of anilines is 1. The van der Waals surface area contributed by atoms with Gasteiger partial charge in [-0.15, -0.1) is 0 Å². The Kier molecular flexibility index (Phi) is 3.85. The van der Waals surface area contributed by atoms with Gasteiger partial charge >= 0.3 is 0 Å². The number of carbonyl (C=O) groups is 1. The van der Waals surface area contributed by atoms with E-state index >= 15 is 0 Å². The fraction of sp³-hybridized carbons (Fsp3) is 0.188. The molecule has 0 aliphatic carbocycles. The van der Waals surface area contributed by atoms with Crippen molar-refractivity contribution in [2.24, 2.45) is 0 Å². The Morgan fingerprint density at radius 3 is 2.42 bits per heavy atom. The normalized spacial score (nSPS) is 10.2. The lowest BCUT2D eigenvalue weighted by atomic mass is 10.1. The molecule has 0 saturated heterocycles.